The van der Waals surface area contributed by atoms with E-state index >= 15 is 0 Å². The zero-order valence-corrected chi connectivity index (χ0v) is 11.6. The van der Waals surface area contributed by atoms with E-state index in [0.717, 1.165) is 0 Å². The summed E-state index contributed by atoms with van der Waals surface area (Å²) in [6.45, 7) is 0. The number of primary amides is 1. The molecular formula is C13H14N2O4S. The van der Waals surface area contributed by atoms with Crippen molar-refractivity contribution in [1.29, 1.82) is 0 Å². The third-order valence-electron chi connectivity index (χ3n) is 2.71. The van der Waals surface area contributed by atoms with E-state index < -0.39 is 17.9 Å². The molecule has 0 fully saturated rings. The van der Waals surface area contributed by atoms with Crippen molar-refractivity contribution >= 4 is 23.2 Å². The number of ether oxygens (including phenoxy) is 1. The Morgan fingerprint density at radius 2 is 2.15 bits per heavy atom. The second kappa shape index (κ2) is 5.89. The van der Waals surface area contributed by atoms with Crippen molar-refractivity contribution in [2.24, 2.45) is 11.5 Å². The van der Waals surface area contributed by atoms with Crippen molar-refractivity contribution in [3.63, 3.8) is 0 Å². The summed E-state index contributed by atoms with van der Waals surface area (Å²) in [5.74, 6) is 0.0259. The van der Waals surface area contributed by atoms with Crippen LogP contribution in [0.15, 0.2) is 28.0 Å². The van der Waals surface area contributed by atoms with Gasteiger partial charge in [-0.1, -0.05) is 0 Å². The SMILES string of the molecule is COC(=O)c1sccc1-c1ccc(C(N)CC(N)=O)o1. The molecule has 0 aromatic carbocycles. The number of amides is 1. The summed E-state index contributed by atoms with van der Waals surface area (Å²) < 4.78 is 10.3. The Morgan fingerprint density at radius 1 is 1.40 bits per heavy atom. The lowest BCUT2D eigenvalue weighted by Gasteiger charge is -2.05. The highest BCUT2D eigenvalue weighted by molar-refractivity contribution is 7.12. The minimum atomic E-state index is -0.596. The first-order valence-electron chi connectivity index (χ1n) is 5.82. The summed E-state index contributed by atoms with van der Waals surface area (Å²) in [4.78, 5) is 22.9. The van der Waals surface area contributed by atoms with Gasteiger partial charge in [0, 0.05) is 12.0 Å². The van der Waals surface area contributed by atoms with E-state index in [9.17, 15) is 9.59 Å². The van der Waals surface area contributed by atoms with Gasteiger partial charge in [-0.3, -0.25) is 4.79 Å². The second-order valence-corrected chi connectivity index (χ2v) is 5.05. The van der Waals surface area contributed by atoms with Gasteiger partial charge < -0.3 is 20.6 Å². The molecule has 0 aliphatic carbocycles. The fourth-order valence-corrected chi connectivity index (χ4v) is 2.58. The van der Waals surface area contributed by atoms with Crippen LogP contribution in [0.1, 0.15) is 27.9 Å². The summed E-state index contributed by atoms with van der Waals surface area (Å²) >= 11 is 1.27. The maximum atomic E-state index is 11.6. The van der Waals surface area contributed by atoms with Crippen LogP contribution in [-0.2, 0) is 9.53 Å². The second-order valence-electron chi connectivity index (χ2n) is 4.13. The molecule has 1 unspecified atom stereocenters. The molecule has 2 heterocycles. The molecule has 0 spiro atoms. The Kier molecular flexibility index (Phi) is 4.21. The molecule has 0 saturated heterocycles. The van der Waals surface area contributed by atoms with Crippen LogP contribution in [0.2, 0.25) is 0 Å². The minimum Gasteiger partial charge on any atom is -0.465 e. The molecule has 4 N–H and O–H groups in total. The average molecular weight is 294 g/mol. The molecule has 1 amide bonds. The van der Waals surface area contributed by atoms with Gasteiger partial charge in [0.25, 0.3) is 0 Å². The van der Waals surface area contributed by atoms with E-state index in [-0.39, 0.29) is 6.42 Å². The number of hydrogen-bond acceptors (Lipinski definition) is 6. The maximum Gasteiger partial charge on any atom is 0.348 e. The number of esters is 1. The van der Waals surface area contributed by atoms with Crippen LogP contribution in [0.4, 0.5) is 0 Å². The predicted molar refractivity (Wildman–Crippen MR) is 74.1 cm³/mol. The number of rotatable bonds is 5. The van der Waals surface area contributed by atoms with E-state index in [2.05, 4.69) is 0 Å². The monoisotopic (exact) mass is 294 g/mol. The number of methoxy groups -OCH3 is 1. The normalized spacial score (nSPS) is 12.1. The lowest BCUT2D eigenvalue weighted by Crippen LogP contribution is -2.20. The number of carbonyl (C=O) groups excluding carboxylic acids is 2. The van der Waals surface area contributed by atoms with Crippen molar-refractivity contribution < 1.29 is 18.7 Å². The zero-order chi connectivity index (χ0) is 14.7. The van der Waals surface area contributed by atoms with E-state index in [4.69, 9.17) is 20.6 Å². The molecule has 2 rings (SSSR count). The van der Waals surface area contributed by atoms with Crippen LogP contribution >= 0.6 is 11.3 Å². The van der Waals surface area contributed by atoms with Gasteiger partial charge in [0.05, 0.1) is 13.2 Å². The topological polar surface area (TPSA) is 109 Å². The van der Waals surface area contributed by atoms with Crippen LogP contribution in [0, 0.1) is 0 Å². The fourth-order valence-electron chi connectivity index (χ4n) is 1.77. The Labute approximate surface area is 119 Å². The number of furan rings is 1. The molecule has 0 saturated carbocycles. The smallest absolute Gasteiger partial charge is 0.348 e. The summed E-state index contributed by atoms with van der Waals surface area (Å²) in [6, 6.07) is 4.53. The minimum absolute atomic E-state index is 0.000445. The van der Waals surface area contributed by atoms with Crippen LogP contribution < -0.4 is 11.5 Å². The Balaban J connectivity index is 2.27. The Bertz CT molecular complexity index is 632. The maximum absolute atomic E-state index is 11.6. The lowest BCUT2D eigenvalue weighted by molar-refractivity contribution is -0.118. The van der Waals surface area contributed by atoms with Gasteiger partial charge in [-0.25, -0.2) is 4.79 Å². The molecule has 6 nitrogen and oxygen atoms in total. The number of carbonyl (C=O) groups is 2. The van der Waals surface area contributed by atoms with Crippen molar-refractivity contribution in [2.45, 2.75) is 12.5 Å². The van der Waals surface area contributed by atoms with E-state index in [1.54, 1.807) is 23.6 Å². The first kappa shape index (κ1) is 14.3. The molecule has 0 aliphatic rings. The van der Waals surface area contributed by atoms with Gasteiger partial charge in [0.15, 0.2) is 0 Å². The van der Waals surface area contributed by atoms with Gasteiger partial charge >= 0.3 is 5.97 Å². The molecule has 20 heavy (non-hydrogen) atoms. The van der Waals surface area contributed by atoms with E-state index in [1.807, 2.05) is 0 Å². The Hall–Kier alpha value is -2.12. The van der Waals surface area contributed by atoms with E-state index in [1.165, 1.54) is 18.4 Å². The van der Waals surface area contributed by atoms with Gasteiger partial charge in [0.2, 0.25) is 5.91 Å². The third kappa shape index (κ3) is 2.89. The molecule has 106 valence electrons. The third-order valence-corrected chi connectivity index (χ3v) is 3.61. The quantitative estimate of drug-likeness (QED) is 0.815. The summed E-state index contributed by atoms with van der Waals surface area (Å²) in [5.41, 5.74) is 11.5. The average Bonchev–Trinajstić information content (AvgIpc) is 3.05. The van der Waals surface area contributed by atoms with Crippen molar-refractivity contribution in [3.05, 3.63) is 34.2 Å². The van der Waals surface area contributed by atoms with Crippen molar-refractivity contribution in [3.8, 4) is 11.3 Å². The molecule has 0 radical (unpaired) electrons. The number of thiophene rings is 1. The summed E-state index contributed by atoms with van der Waals surface area (Å²) in [7, 11) is 1.32. The molecule has 1 atom stereocenters. The van der Waals surface area contributed by atoms with Gasteiger partial charge in [-0.2, -0.15) is 0 Å². The highest BCUT2D eigenvalue weighted by Gasteiger charge is 2.19. The van der Waals surface area contributed by atoms with Crippen molar-refractivity contribution in [2.75, 3.05) is 7.11 Å². The van der Waals surface area contributed by atoms with Gasteiger partial charge in [-0.05, 0) is 23.6 Å². The summed E-state index contributed by atoms with van der Waals surface area (Å²) in [6.07, 6.45) is 0.000445. The largest absolute Gasteiger partial charge is 0.465 e. The molecule has 7 heteroatoms. The highest BCUT2D eigenvalue weighted by Crippen LogP contribution is 2.31. The van der Waals surface area contributed by atoms with Crippen molar-refractivity contribution in [1.82, 2.24) is 0 Å². The standard InChI is InChI=1S/C13H14N2O4S/c1-18-13(17)12-7(4-5-20-12)9-2-3-10(19-9)8(14)6-11(15)16/h2-5,8H,6,14H2,1H3,(H2,15,16). The van der Waals surface area contributed by atoms with Crippen LogP contribution in [0.25, 0.3) is 11.3 Å². The van der Waals surface area contributed by atoms with Crippen LogP contribution in [-0.4, -0.2) is 19.0 Å². The van der Waals surface area contributed by atoms with E-state index in [0.29, 0.717) is 22.0 Å². The molecule has 2 aromatic heterocycles. The zero-order valence-electron chi connectivity index (χ0n) is 10.8. The number of hydrogen-bond donors (Lipinski definition) is 2. The number of nitrogens with two attached hydrogens (primary N) is 2. The molecule has 2 aromatic rings. The highest BCUT2D eigenvalue weighted by atomic mass is 32.1. The first-order valence-corrected chi connectivity index (χ1v) is 6.70. The summed E-state index contributed by atoms with van der Waals surface area (Å²) in [5, 5.41) is 1.77. The molecule has 0 aliphatic heterocycles. The predicted octanol–water partition coefficient (Wildman–Crippen LogP) is 1.67. The fraction of sp³-hybridized carbons (Fsp3) is 0.231. The van der Waals surface area contributed by atoms with Crippen LogP contribution in [0.3, 0.4) is 0 Å². The van der Waals surface area contributed by atoms with Gasteiger partial charge in [-0.15, -0.1) is 11.3 Å². The lowest BCUT2D eigenvalue weighted by atomic mass is 10.1. The van der Waals surface area contributed by atoms with Crippen LogP contribution in [0.5, 0.6) is 0 Å². The van der Waals surface area contributed by atoms with Gasteiger partial charge in [0.1, 0.15) is 16.4 Å². The molecular weight excluding hydrogens is 280 g/mol. The first-order chi connectivity index (χ1) is 9.52. The Morgan fingerprint density at radius 3 is 2.80 bits per heavy atom. The molecule has 0 bridgehead atoms.